The molecule has 8 heteroatoms. The van der Waals surface area contributed by atoms with Crippen LogP contribution in [0.4, 0.5) is 10.2 Å². The van der Waals surface area contributed by atoms with E-state index < -0.39 is 5.82 Å². The molecule has 4 aromatic rings. The van der Waals surface area contributed by atoms with Gasteiger partial charge in [0.15, 0.2) is 5.82 Å². The lowest BCUT2D eigenvalue weighted by molar-refractivity contribution is 0.102. The fraction of sp³-hybridized carbons (Fsp3) is 0.0556. The second-order valence-corrected chi connectivity index (χ2v) is 6.94. The quantitative estimate of drug-likeness (QED) is 0.572. The molecule has 3 heterocycles. The summed E-state index contributed by atoms with van der Waals surface area (Å²) in [5.41, 5.74) is 1.42. The van der Waals surface area contributed by atoms with Crippen LogP contribution in [0.25, 0.3) is 16.3 Å². The summed E-state index contributed by atoms with van der Waals surface area (Å²) in [6.07, 6.45) is 2.86. The van der Waals surface area contributed by atoms with Crippen LogP contribution in [0.15, 0.2) is 54.9 Å². The summed E-state index contributed by atoms with van der Waals surface area (Å²) in [4.78, 5) is 14.6. The number of thiophene rings is 1. The number of benzene rings is 1. The van der Waals surface area contributed by atoms with Crippen LogP contribution in [0, 0.1) is 12.7 Å². The Labute approximate surface area is 152 Å². The van der Waals surface area contributed by atoms with Gasteiger partial charge in [0.1, 0.15) is 11.5 Å². The number of rotatable bonds is 4. The molecule has 0 saturated carbocycles. The second kappa shape index (κ2) is 6.57. The summed E-state index contributed by atoms with van der Waals surface area (Å²) in [5.74, 6) is -0.367. The highest BCUT2D eigenvalue weighted by atomic mass is 32.1. The number of hydrogen-bond acceptors (Lipinski definition) is 4. The number of anilines is 1. The van der Waals surface area contributed by atoms with Crippen LogP contribution in [0.5, 0.6) is 0 Å². The summed E-state index contributed by atoms with van der Waals surface area (Å²) in [7, 11) is 0. The molecule has 0 aliphatic rings. The maximum absolute atomic E-state index is 13.8. The van der Waals surface area contributed by atoms with E-state index in [1.54, 1.807) is 35.6 Å². The van der Waals surface area contributed by atoms with E-state index >= 15 is 0 Å². The SMILES string of the molecule is Cc1ccc(-c2cc(NC(=O)c3cnn(-c4ccccc4F)c3)n[nH]2)s1. The molecule has 2 N–H and O–H groups in total. The van der Waals surface area contributed by atoms with Crippen molar-refractivity contribution in [1.29, 1.82) is 0 Å². The van der Waals surface area contributed by atoms with Gasteiger partial charge >= 0.3 is 0 Å². The van der Waals surface area contributed by atoms with E-state index in [9.17, 15) is 9.18 Å². The van der Waals surface area contributed by atoms with E-state index in [4.69, 9.17) is 0 Å². The van der Waals surface area contributed by atoms with Gasteiger partial charge in [-0.3, -0.25) is 9.89 Å². The Kier molecular flexibility index (Phi) is 4.10. The van der Waals surface area contributed by atoms with Gasteiger partial charge in [-0.2, -0.15) is 10.2 Å². The third-order valence-electron chi connectivity index (χ3n) is 3.77. The minimum atomic E-state index is -0.411. The van der Waals surface area contributed by atoms with Gasteiger partial charge in [0, 0.05) is 17.1 Å². The van der Waals surface area contributed by atoms with Crippen LogP contribution in [0.1, 0.15) is 15.2 Å². The number of aromatic amines is 1. The van der Waals surface area contributed by atoms with Crippen LogP contribution < -0.4 is 5.32 Å². The number of carbonyl (C=O) groups excluding carboxylic acids is 1. The van der Waals surface area contributed by atoms with Crippen LogP contribution in [0.2, 0.25) is 0 Å². The lowest BCUT2D eigenvalue weighted by Gasteiger charge is -2.01. The Morgan fingerprint density at radius 2 is 2.12 bits per heavy atom. The first-order chi connectivity index (χ1) is 12.6. The Morgan fingerprint density at radius 3 is 2.88 bits per heavy atom. The number of nitrogens with zero attached hydrogens (tertiary/aromatic N) is 3. The molecule has 130 valence electrons. The van der Waals surface area contributed by atoms with Crippen molar-refractivity contribution >= 4 is 23.1 Å². The van der Waals surface area contributed by atoms with E-state index in [1.165, 1.54) is 28.0 Å². The summed E-state index contributed by atoms with van der Waals surface area (Å²) >= 11 is 1.64. The number of halogens is 1. The number of hydrogen-bond donors (Lipinski definition) is 2. The highest BCUT2D eigenvalue weighted by molar-refractivity contribution is 7.15. The van der Waals surface area contributed by atoms with Crippen molar-refractivity contribution in [2.75, 3.05) is 5.32 Å². The van der Waals surface area contributed by atoms with Crippen molar-refractivity contribution in [2.24, 2.45) is 0 Å². The fourth-order valence-electron chi connectivity index (χ4n) is 2.49. The van der Waals surface area contributed by atoms with Gasteiger partial charge in [0.05, 0.1) is 22.3 Å². The summed E-state index contributed by atoms with van der Waals surface area (Å²) in [6, 6.07) is 12.0. The largest absolute Gasteiger partial charge is 0.305 e. The third kappa shape index (κ3) is 3.14. The predicted octanol–water partition coefficient (Wildman–Crippen LogP) is 4.02. The van der Waals surface area contributed by atoms with Gasteiger partial charge in [0.25, 0.3) is 5.91 Å². The highest BCUT2D eigenvalue weighted by Gasteiger charge is 2.13. The van der Waals surface area contributed by atoms with Gasteiger partial charge in [-0.05, 0) is 31.2 Å². The highest BCUT2D eigenvalue weighted by Crippen LogP contribution is 2.27. The van der Waals surface area contributed by atoms with E-state index in [0.717, 1.165) is 10.6 Å². The molecule has 0 atom stereocenters. The molecule has 0 aliphatic carbocycles. The summed E-state index contributed by atoms with van der Waals surface area (Å²) in [5, 5.41) is 13.8. The fourth-order valence-corrected chi connectivity index (χ4v) is 3.32. The van der Waals surface area contributed by atoms with E-state index in [1.807, 2.05) is 19.1 Å². The molecule has 26 heavy (non-hydrogen) atoms. The van der Waals surface area contributed by atoms with Crippen molar-refractivity contribution in [3.05, 3.63) is 71.1 Å². The first-order valence-electron chi connectivity index (χ1n) is 7.83. The predicted molar refractivity (Wildman–Crippen MR) is 98.1 cm³/mol. The summed E-state index contributed by atoms with van der Waals surface area (Å²) in [6.45, 7) is 2.03. The van der Waals surface area contributed by atoms with Gasteiger partial charge in [-0.1, -0.05) is 12.1 Å². The Morgan fingerprint density at radius 1 is 1.27 bits per heavy atom. The summed E-state index contributed by atoms with van der Waals surface area (Å²) < 4.78 is 15.2. The minimum Gasteiger partial charge on any atom is -0.305 e. The molecule has 0 bridgehead atoms. The van der Waals surface area contributed by atoms with E-state index in [2.05, 4.69) is 20.6 Å². The van der Waals surface area contributed by atoms with Crippen LogP contribution >= 0.6 is 11.3 Å². The maximum Gasteiger partial charge on any atom is 0.260 e. The lowest BCUT2D eigenvalue weighted by atomic mass is 10.3. The van der Waals surface area contributed by atoms with Crippen molar-refractivity contribution in [1.82, 2.24) is 20.0 Å². The first-order valence-corrected chi connectivity index (χ1v) is 8.65. The van der Waals surface area contributed by atoms with Crippen molar-refractivity contribution in [2.45, 2.75) is 6.92 Å². The molecule has 0 aliphatic heterocycles. The molecule has 0 spiro atoms. The lowest BCUT2D eigenvalue weighted by Crippen LogP contribution is -2.11. The number of H-pyrrole nitrogens is 1. The monoisotopic (exact) mass is 367 g/mol. The molecule has 0 unspecified atom stereocenters. The van der Waals surface area contributed by atoms with E-state index in [-0.39, 0.29) is 11.6 Å². The molecule has 6 nitrogen and oxygen atoms in total. The Balaban J connectivity index is 1.51. The number of nitrogens with one attached hydrogen (secondary N) is 2. The topological polar surface area (TPSA) is 75.6 Å². The van der Waals surface area contributed by atoms with Gasteiger partial charge in [0.2, 0.25) is 0 Å². The minimum absolute atomic E-state index is 0.279. The maximum atomic E-state index is 13.8. The van der Waals surface area contributed by atoms with Crippen LogP contribution in [-0.2, 0) is 0 Å². The Bertz CT molecular complexity index is 1080. The molecular weight excluding hydrogens is 353 g/mol. The van der Waals surface area contributed by atoms with Gasteiger partial charge in [-0.25, -0.2) is 9.07 Å². The van der Waals surface area contributed by atoms with Crippen molar-refractivity contribution < 1.29 is 9.18 Å². The van der Waals surface area contributed by atoms with Crippen molar-refractivity contribution in [3.63, 3.8) is 0 Å². The zero-order valence-corrected chi connectivity index (χ0v) is 14.5. The average molecular weight is 367 g/mol. The molecule has 0 saturated heterocycles. The average Bonchev–Trinajstić information content (AvgIpc) is 3.35. The third-order valence-corrected chi connectivity index (χ3v) is 4.80. The molecule has 1 amide bonds. The van der Waals surface area contributed by atoms with E-state index in [0.29, 0.717) is 11.4 Å². The number of aryl methyl sites for hydroxylation is 1. The molecule has 3 aromatic heterocycles. The van der Waals surface area contributed by atoms with Crippen LogP contribution in [-0.4, -0.2) is 25.9 Å². The number of amides is 1. The number of carbonyl (C=O) groups is 1. The number of para-hydroxylation sites is 1. The zero-order chi connectivity index (χ0) is 18.1. The number of aromatic nitrogens is 4. The smallest absolute Gasteiger partial charge is 0.260 e. The molecule has 0 fully saturated rings. The zero-order valence-electron chi connectivity index (χ0n) is 13.7. The molecular formula is C18H14FN5OS. The Hall–Kier alpha value is -3.26. The van der Waals surface area contributed by atoms with Crippen LogP contribution in [0.3, 0.4) is 0 Å². The molecule has 0 radical (unpaired) electrons. The van der Waals surface area contributed by atoms with Gasteiger partial charge < -0.3 is 5.32 Å². The molecule has 4 rings (SSSR count). The second-order valence-electron chi connectivity index (χ2n) is 5.66. The molecule has 1 aromatic carbocycles. The standard InChI is InChI=1S/C18H14FN5OS/c1-11-6-7-16(26-11)14-8-17(23-22-14)21-18(25)12-9-20-24(10-12)15-5-3-2-4-13(15)19/h2-10H,1H3,(H2,21,22,23,25). The normalized spacial score (nSPS) is 10.8. The van der Waals surface area contributed by atoms with Crippen molar-refractivity contribution in [3.8, 4) is 16.3 Å². The van der Waals surface area contributed by atoms with Gasteiger partial charge in [-0.15, -0.1) is 11.3 Å². The first kappa shape index (κ1) is 16.2.